The minimum absolute atomic E-state index is 0.603. The Hall–Kier alpha value is -0.500. The van der Waals surface area contributed by atoms with Gasteiger partial charge in [-0.15, -0.1) is 11.6 Å². The summed E-state index contributed by atoms with van der Waals surface area (Å²) in [5.74, 6) is 1.45. The Balaban J connectivity index is 2.61. The SMILES string of the molecule is Cc1cc(CCCl)no1. The molecule has 9 heavy (non-hydrogen) atoms. The molecule has 0 amide bonds. The second kappa shape index (κ2) is 2.87. The van der Waals surface area contributed by atoms with E-state index in [1.807, 2.05) is 13.0 Å². The second-order valence-corrected chi connectivity index (χ2v) is 2.25. The summed E-state index contributed by atoms with van der Waals surface area (Å²) in [4.78, 5) is 0. The molecule has 0 saturated carbocycles. The molecule has 0 radical (unpaired) electrons. The van der Waals surface area contributed by atoms with Crippen molar-refractivity contribution in [2.24, 2.45) is 0 Å². The highest BCUT2D eigenvalue weighted by molar-refractivity contribution is 6.17. The molecule has 50 valence electrons. The van der Waals surface area contributed by atoms with Gasteiger partial charge in [0.05, 0.1) is 5.69 Å². The van der Waals surface area contributed by atoms with Gasteiger partial charge in [-0.2, -0.15) is 0 Å². The van der Waals surface area contributed by atoms with Crippen LogP contribution in [0.3, 0.4) is 0 Å². The summed E-state index contributed by atoms with van der Waals surface area (Å²) >= 11 is 5.46. The van der Waals surface area contributed by atoms with Crippen LogP contribution in [0.4, 0.5) is 0 Å². The average Bonchev–Trinajstić information content (AvgIpc) is 2.17. The fourth-order valence-corrected chi connectivity index (χ4v) is 0.826. The molecule has 1 rings (SSSR count). The third-order valence-corrected chi connectivity index (χ3v) is 1.22. The molecule has 0 saturated heterocycles. The van der Waals surface area contributed by atoms with Crippen molar-refractivity contribution in [1.82, 2.24) is 5.16 Å². The first-order valence-corrected chi connectivity index (χ1v) is 3.34. The van der Waals surface area contributed by atoms with Crippen LogP contribution < -0.4 is 0 Å². The zero-order valence-electron chi connectivity index (χ0n) is 5.22. The first-order valence-electron chi connectivity index (χ1n) is 2.81. The maximum absolute atomic E-state index is 5.46. The van der Waals surface area contributed by atoms with Gasteiger partial charge in [-0.05, 0) is 6.92 Å². The summed E-state index contributed by atoms with van der Waals surface area (Å²) < 4.78 is 4.81. The smallest absolute Gasteiger partial charge is 0.133 e. The fourth-order valence-electron chi connectivity index (χ4n) is 0.633. The standard InChI is InChI=1S/C6H8ClNO/c1-5-4-6(2-3-7)8-9-5/h4H,2-3H2,1H3. The van der Waals surface area contributed by atoms with E-state index in [0.717, 1.165) is 17.9 Å². The highest BCUT2D eigenvalue weighted by Crippen LogP contribution is 2.02. The molecule has 2 nitrogen and oxygen atoms in total. The lowest BCUT2D eigenvalue weighted by Gasteiger charge is -1.81. The van der Waals surface area contributed by atoms with Crippen LogP contribution in [0, 0.1) is 6.92 Å². The number of hydrogen-bond acceptors (Lipinski definition) is 2. The van der Waals surface area contributed by atoms with Gasteiger partial charge in [0.25, 0.3) is 0 Å². The predicted octanol–water partition coefficient (Wildman–Crippen LogP) is 1.76. The third kappa shape index (κ3) is 1.72. The molecule has 0 aliphatic rings. The van der Waals surface area contributed by atoms with E-state index in [4.69, 9.17) is 16.1 Å². The van der Waals surface area contributed by atoms with Crippen LogP contribution in [0.2, 0.25) is 0 Å². The molecule has 1 aromatic rings. The Morgan fingerprint density at radius 3 is 3.00 bits per heavy atom. The molecule has 0 fully saturated rings. The van der Waals surface area contributed by atoms with E-state index in [2.05, 4.69) is 5.16 Å². The van der Waals surface area contributed by atoms with Gasteiger partial charge in [-0.25, -0.2) is 0 Å². The van der Waals surface area contributed by atoms with Crippen molar-refractivity contribution in [2.45, 2.75) is 13.3 Å². The number of aryl methyl sites for hydroxylation is 2. The van der Waals surface area contributed by atoms with Crippen molar-refractivity contribution in [1.29, 1.82) is 0 Å². The molecule has 0 aliphatic carbocycles. The molecule has 0 unspecified atom stereocenters. The molecule has 0 spiro atoms. The molecular formula is C6H8ClNO. The Morgan fingerprint density at radius 2 is 2.56 bits per heavy atom. The zero-order valence-corrected chi connectivity index (χ0v) is 5.98. The van der Waals surface area contributed by atoms with Gasteiger partial charge in [0.1, 0.15) is 5.76 Å². The number of aromatic nitrogens is 1. The monoisotopic (exact) mass is 145 g/mol. The van der Waals surface area contributed by atoms with Crippen LogP contribution in [0.1, 0.15) is 11.5 Å². The van der Waals surface area contributed by atoms with E-state index in [1.165, 1.54) is 0 Å². The van der Waals surface area contributed by atoms with Crippen LogP contribution in [0.15, 0.2) is 10.6 Å². The first kappa shape index (κ1) is 6.62. The fraction of sp³-hybridized carbons (Fsp3) is 0.500. The number of alkyl halides is 1. The van der Waals surface area contributed by atoms with Crippen LogP contribution in [0.5, 0.6) is 0 Å². The van der Waals surface area contributed by atoms with Crippen molar-refractivity contribution < 1.29 is 4.52 Å². The lowest BCUT2D eigenvalue weighted by molar-refractivity contribution is 0.391. The van der Waals surface area contributed by atoms with Crippen molar-refractivity contribution in [3.05, 3.63) is 17.5 Å². The molecular weight excluding hydrogens is 138 g/mol. The maximum Gasteiger partial charge on any atom is 0.133 e. The van der Waals surface area contributed by atoms with Crippen LogP contribution in [0.25, 0.3) is 0 Å². The summed E-state index contributed by atoms with van der Waals surface area (Å²) in [5.41, 5.74) is 0.933. The van der Waals surface area contributed by atoms with Crippen molar-refractivity contribution in [2.75, 3.05) is 5.88 Å². The summed E-state index contributed by atoms with van der Waals surface area (Å²) in [6, 6.07) is 1.89. The largest absolute Gasteiger partial charge is 0.361 e. The van der Waals surface area contributed by atoms with Gasteiger partial charge in [0, 0.05) is 18.4 Å². The third-order valence-electron chi connectivity index (χ3n) is 1.03. The van der Waals surface area contributed by atoms with Gasteiger partial charge in [-0.1, -0.05) is 5.16 Å². The Labute approximate surface area is 58.8 Å². The lowest BCUT2D eigenvalue weighted by atomic mass is 10.3. The zero-order chi connectivity index (χ0) is 6.69. The predicted molar refractivity (Wildman–Crippen MR) is 35.7 cm³/mol. The van der Waals surface area contributed by atoms with E-state index >= 15 is 0 Å². The van der Waals surface area contributed by atoms with E-state index in [-0.39, 0.29) is 0 Å². The van der Waals surface area contributed by atoms with E-state index in [9.17, 15) is 0 Å². The van der Waals surface area contributed by atoms with Crippen LogP contribution in [-0.2, 0) is 6.42 Å². The highest BCUT2D eigenvalue weighted by Gasteiger charge is 1.96. The highest BCUT2D eigenvalue weighted by atomic mass is 35.5. The summed E-state index contributed by atoms with van der Waals surface area (Å²) in [6.07, 6.45) is 0.791. The Bertz CT molecular complexity index is 185. The molecule has 0 aliphatic heterocycles. The number of hydrogen-bond donors (Lipinski definition) is 0. The maximum atomic E-state index is 5.46. The lowest BCUT2D eigenvalue weighted by Crippen LogP contribution is -1.83. The normalized spacial score (nSPS) is 10.0. The van der Waals surface area contributed by atoms with E-state index in [0.29, 0.717) is 5.88 Å². The Kier molecular flexibility index (Phi) is 2.11. The van der Waals surface area contributed by atoms with Gasteiger partial charge < -0.3 is 4.52 Å². The van der Waals surface area contributed by atoms with E-state index in [1.54, 1.807) is 0 Å². The first-order chi connectivity index (χ1) is 4.33. The van der Waals surface area contributed by atoms with Crippen molar-refractivity contribution >= 4 is 11.6 Å². The quantitative estimate of drug-likeness (QED) is 0.593. The molecule has 0 atom stereocenters. The minimum Gasteiger partial charge on any atom is -0.361 e. The molecule has 0 N–H and O–H groups in total. The molecule has 1 aromatic heterocycles. The van der Waals surface area contributed by atoms with Gasteiger partial charge in [-0.3, -0.25) is 0 Å². The summed E-state index contributed by atoms with van der Waals surface area (Å²) in [7, 11) is 0. The van der Waals surface area contributed by atoms with Gasteiger partial charge >= 0.3 is 0 Å². The van der Waals surface area contributed by atoms with E-state index < -0.39 is 0 Å². The van der Waals surface area contributed by atoms with Crippen molar-refractivity contribution in [3.8, 4) is 0 Å². The summed E-state index contributed by atoms with van der Waals surface area (Å²) in [6.45, 7) is 1.87. The topological polar surface area (TPSA) is 26.0 Å². The summed E-state index contributed by atoms with van der Waals surface area (Å²) in [5, 5.41) is 3.75. The number of nitrogens with zero attached hydrogens (tertiary/aromatic N) is 1. The minimum atomic E-state index is 0.603. The van der Waals surface area contributed by atoms with Crippen LogP contribution in [-0.4, -0.2) is 11.0 Å². The Morgan fingerprint density at radius 1 is 1.78 bits per heavy atom. The van der Waals surface area contributed by atoms with Crippen LogP contribution >= 0.6 is 11.6 Å². The average molecular weight is 146 g/mol. The molecule has 1 heterocycles. The molecule has 0 bridgehead atoms. The number of halogens is 1. The molecule has 3 heteroatoms. The van der Waals surface area contributed by atoms with Crippen molar-refractivity contribution in [3.63, 3.8) is 0 Å². The van der Waals surface area contributed by atoms with Gasteiger partial charge in [0.2, 0.25) is 0 Å². The second-order valence-electron chi connectivity index (χ2n) is 1.87. The van der Waals surface area contributed by atoms with Gasteiger partial charge in [0.15, 0.2) is 0 Å². The number of rotatable bonds is 2. The molecule has 0 aromatic carbocycles.